The fourth-order valence-corrected chi connectivity index (χ4v) is 19.8. The maximum absolute atomic E-state index is 16.3. The van der Waals surface area contributed by atoms with Gasteiger partial charge in [0.2, 0.25) is 47.1 Å². The minimum atomic E-state index is -2.16. The molecule has 8 saturated carbocycles. The second kappa shape index (κ2) is 27.1. The van der Waals surface area contributed by atoms with Crippen molar-refractivity contribution >= 4 is 64.6 Å². The summed E-state index contributed by atoms with van der Waals surface area (Å²) >= 11 is 14.1. The molecular weight excluding hydrogens is 1420 g/mol. The number of nitrogens with one attached hydrogen (secondary N) is 8. The number of hydrogen-bond acceptors (Lipinski definition) is 19. The number of nitrogens with two attached hydrogens (primary N) is 1. The third kappa shape index (κ3) is 12.9. The van der Waals surface area contributed by atoms with Crippen LogP contribution in [0, 0.1) is 47.3 Å². The minimum Gasteiger partial charge on any atom is -0.508 e. The fourth-order valence-electron chi connectivity index (χ4n) is 19.4. The van der Waals surface area contributed by atoms with E-state index in [1.165, 1.54) is 91.3 Å². The van der Waals surface area contributed by atoms with E-state index in [0.717, 1.165) is 82.1 Å². The Balaban J connectivity index is 0.832. The van der Waals surface area contributed by atoms with Crippen LogP contribution < -0.4 is 62.5 Å². The number of halogens is 2. The molecule has 6 aliphatic heterocycles. The molecule has 0 saturated heterocycles. The van der Waals surface area contributed by atoms with Crippen LogP contribution >= 0.6 is 23.2 Å². The number of amides is 7. The molecule has 0 radical (unpaired) electrons. The largest absolute Gasteiger partial charge is 0.508 e. The first kappa shape index (κ1) is 69.5. The van der Waals surface area contributed by atoms with E-state index in [1.807, 2.05) is 0 Å². The van der Waals surface area contributed by atoms with Gasteiger partial charge in [-0.2, -0.15) is 0 Å². The van der Waals surface area contributed by atoms with Gasteiger partial charge in [-0.3, -0.25) is 33.6 Å². The summed E-state index contributed by atoms with van der Waals surface area (Å²) in [6, 6.07) is 9.18. The van der Waals surface area contributed by atoms with Crippen LogP contribution in [-0.4, -0.2) is 101 Å². The molecule has 14 aliphatic rings. The summed E-state index contributed by atoms with van der Waals surface area (Å²) in [5.41, 5.74) is 5.51. The molecule has 7 amide bonds. The van der Waals surface area contributed by atoms with Crippen molar-refractivity contribution < 1.29 is 83.5 Å². The topological polar surface area (TPSA) is 411 Å². The minimum absolute atomic E-state index is 0.00838. The maximum atomic E-state index is 16.3. The number of benzene rings is 7. The average Bonchev–Trinajstić information content (AvgIpc) is 0.751. The van der Waals surface area contributed by atoms with Crippen LogP contribution in [0.15, 0.2) is 109 Å². The Morgan fingerprint density at radius 1 is 0.477 bits per heavy atom. The number of aromatic hydroxyl groups is 6. The van der Waals surface area contributed by atoms with Crippen molar-refractivity contribution in [2.45, 2.75) is 138 Å². The lowest BCUT2D eigenvalue weighted by atomic mass is 9.54. The van der Waals surface area contributed by atoms with Gasteiger partial charge in [0.15, 0.2) is 23.0 Å². The van der Waals surface area contributed by atoms with E-state index in [-0.39, 0.29) is 120 Å². The van der Waals surface area contributed by atoms with Crippen LogP contribution in [0.2, 0.25) is 10.0 Å². The van der Waals surface area contributed by atoms with Crippen molar-refractivity contribution in [3.8, 4) is 80.1 Å². The standard InChI is InChI=1S/C79H77Cl2N9O17/c80-50-19-31-1-7-56(50)106-59-26-44-27-60(72(59)97)107-57-8-4-38(24-51(57)81)70(95)69-79(104)89-68(78(103)85-64-41-15-34-10-35(17-41)18-42(64)16-34)48-29-55(94)49(30-83-63-39-11-32-9-33(13-39)14-40(63)12-32)71(96)61(48)47-23-37(3-5-53(47)92)65(75(100)90-69)87-77(102)67(44)88-76(101)66-43-21-45(91)28-46(22-43)105-58-25-36(2-6-54(58)93)62(82)74(99)84-52(20-31)73(98)86-66/h1-8,19,21-29,32-35,39-42,52,62-70,83,91-97H,9-18,20,30,82H2,(H,84,99)(H,85,103)(H,86,98)(H,87,102)(H,88,101)(H,89,104)(H,90,100)/t32?,33?,34?,35?,39?,40?,41?,42?,52-,62+,63?,64?,65-,66+,67-,68+,69+,70-/m1/s1. The quantitative estimate of drug-likeness (QED) is 0.0765. The van der Waals surface area contributed by atoms with Crippen molar-refractivity contribution in [2.24, 2.45) is 53.1 Å². The number of hydrogen-bond donors (Lipinski definition) is 16. The zero-order valence-corrected chi connectivity index (χ0v) is 58.8. The van der Waals surface area contributed by atoms with Crippen LogP contribution in [-0.2, 0) is 46.5 Å². The molecule has 554 valence electrons. The van der Waals surface area contributed by atoms with E-state index in [0.29, 0.717) is 41.1 Å². The number of phenols is 6. The van der Waals surface area contributed by atoms with Gasteiger partial charge in [-0.1, -0.05) is 47.5 Å². The summed E-state index contributed by atoms with van der Waals surface area (Å²) in [4.78, 5) is 109. The SMILES string of the molecule is N[C@@H]1C(=O)N[C@@H]2Cc3ccc(c(Cl)c3)Oc3cc4cc(c3O)Oc3ccc(cc3Cl)[C@@H](O)[C@@H]3NC(=O)[C@H](NC(=O)[C@@H]4NC(=O)[C@@H](NC2=O)c2cc(O)cc(c2)Oc2cc1ccc2O)c1ccc(O)c(c1)-c1c(cc(O)c(CNC2C4CC5CC(C4)CC2C5)c1O)[C@@H](C(=O)NC1C2CC4CC(C2)CC1C4)NC3=O. The smallest absolute Gasteiger partial charge is 0.248 e. The lowest BCUT2D eigenvalue weighted by Crippen LogP contribution is -2.59. The highest BCUT2D eigenvalue weighted by Crippen LogP contribution is 2.57. The Bertz CT molecular complexity index is 4870. The number of carbonyl (C=O) groups excluding carboxylic acids is 7. The Morgan fingerprint density at radius 2 is 1.03 bits per heavy atom. The van der Waals surface area contributed by atoms with E-state index in [1.54, 1.807) is 0 Å². The summed E-state index contributed by atoms with van der Waals surface area (Å²) in [5, 5.41) is 108. The van der Waals surface area contributed by atoms with Gasteiger partial charge >= 0.3 is 0 Å². The normalized spacial score (nSPS) is 30.2. The van der Waals surface area contributed by atoms with Crippen molar-refractivity contribution in [1.29, 1.82) is 0 Å². The predicted molar refractivity (Wildman–Crippen MR) is 384 cm³/mol. The van der Waals surface area contributed by atoms with Crippen molar-refractivity contribution in [2.75, 3.05) is 0 Å². The fraction of sp³-hybridized carbons (Fsp3) is 0.380. The Labute approximate surface area is 622 Å². The van der Waals surface area contributed by atoms with Gasteiger partial charge in [-0.05, 0) is 229 Å². The molecule has 8 fully saturated rings. The number of rotatable bonds is 5. The lowest BCUT2D eigenvalue weighted by molar-refractivity contribution is -0.137. The van der Waals surface area contributed by atoms with Gasteiger partial charge in [-0.25, -0.2) is 0 Å². The van der Waals surface area contributed by atoms with Crippen molar-refractivity contribution in [3.05, 3.63) is 164 Å². The summed E-state index contributed by atoms with van der Waals surface area (Å²) in [6.07, 6.45) is 7.62. The number of phenolic OH excluding ortho intramolecular Hbond substituents is 6. The van der Waals surface area contributed by atoms with E-state index in [9.17, 15) is 40.5 Å². The van der Waals surface area contributed by atoms with Gasteiger partial charge in [0.05, 0.1) is 15.6 Å². The van der Waals surface area contributed by atoms with E-state index >= 15 is 28.8 Å². The molecule has 107 heavy (non-hydrogen) atoms. The first-order valence-electron chi connectivity index (χ1n) is 36.2. The third-order valence-electron chi connectivity index (χ3n) is 24.0. The van der Waals surface area contributed by atoms with Crippen molar-refractivity contribution in [1.82, 2.24) is 42.5 Å². The Kier molecular flexibility index (Phi) is 17.6. The predicted octanol–water partition coefficient (Wildman–Crippen LogP) is 8.76. The number of aliphatic hydroxyl groups excluding tert-OH is 1. The van der Waals surface area contributed by atoms with Gasteiger partial charge in [-0.15, -0.1) is 0 Å². The summed E-state index contributed by atoms with van der Waals surface area (Å²) < 4.78 is 18.8. The molecule has 0 spiro atoms. The third-order valence-corrected chi connectivity index (χ3v) is 24.6. The molecule has 28 heteroatoms. The van der Waals surface area contributed by atoms with E-state index in [4.69, 9.17) is 43.1 Å². The maximum Gasteiger partial charge on any atom is 0.248 e. The number of fused-ring (bicyclic) bond motifs is 14. The van der Waals surface area contributed by atoms with Crippen LogP contribution in [0.1, 0.15) is 145 Å². The number of aliphatic hydroxyl groups is 1. The van der Waals surface area contributed by atoms with Gasteiger partial charge in [0.1, 0.15) is 88.6 Å². The van der Waals surface area contributed by atoms with E-state index in [2.05, 4.69) is 42.5 Å². The van der Waals surface area contributed by atoms with Crippen LogP contribution in [0.25, 0.3) is 11.1 Å². The Morgan fingerprint density at radius 3 is 1.66 bits per heavy atom. The number of carbonyl (C=O) groups is 7. The van der Waals surface area contributed by atoms with Crippen molar-refractivity contribution in [3.63, 3.8) is 0 Å². The molecule has 21 rings (SSSR count). The molecule has 0 unspecified atom stereocenters. The zero-order chi connectivity index (χ0) is 74.3. The average molecular weight is 1500 g/mol. The highest BCUT2D eigenvalue weighted by atomic mass is 35.5. The molecule has 25 bridgehead atoms. The van der Waals surface area contributed by atoms with E-state index < -0.39 is 136 Å². The van der Waals surface area contributed by atoms with Gasteiger partial charge in [0.25, 0.3) is 0 Å². The molecule has 8 atom stereocenters. The molecular formula is C79H77Cl2N9O17. The summed E-state index contributed by atoms with van der Waals surface area (Å²) in [7, 11) is 0. The molecule has 8 aliphatic carbocycles. The molecule has 7 aromatic carbocycles. The van der Waals surface area contributed by atoms with Crippen LogP contribution in [0.5, 0.6) is 69.0 Å². The number of ether oxygens (including phenoxy) is 3. The first-order valence-corrected chi connectivity index (χ1v) is 37.0. The summed E-state index contributed by atoms with van der Waals surface area (Å²) in [5.74, 6) is -9.42. The van der Waals surface area contributed by atoms with Crippen LogP contribution in [0.3, 0.4) is 0 Å². The highest BCUT2D eigenvalue weighted by Gasteiger charge is 2.51. The molecule has 26 nitrogen and oxygen atoms in total. The highest BCUT2D eigenvalue weighted by molar-refractivity contribution is 6.32. The van der Waals surface area contributed by atoms with Gasteiger partial charge in [0, 0.05) is 42.2 Å². The molecule has 6 heterocycles. The first-order chi connectivity index (χ1) is 51.4. The zero-order valence-electron chi connectivity index (χ0n) is 57.3. The lowest BCUT2D eigenvalue weighted by Gasteiger charge is -2.54. The van der Waals surface area contributed by atoms with Crippen LogP contribution in [0.4, 0.5) is 0 Å². The monoisotopic (exact) mass is 1490 g/mol. The molecule has 0 aromatic heterocycles. The van der Waals surface area contributed by atoms with Gasteiger partial charge < -0.3 is 98.2 Å². The molecule has 17 N–H and O–H groups in total. The Hall–Kier alpha value is -10.5. The second-order valence-corrected chi connectivity index (χ2v) is 31.6. The second-order valence-electron chi connectivity index (χ2n) is 30.8. The molecule has 7 aromatic rings. The summed E-state index contributed by atoms with van der Waals surface area (Å²) in [6.45, 7) is -0.0783.